The van der Waals surface area contributed by atoms with E-state index in [2.05, 4.69) is 5.32 Å². The van der Waals surface area contributed by atoms with Crippen LogP contribution in [0.5, 0.6) is 0 Å². The van der Waals surface area contributed by atoms with Crippen LogP contribution in [-0.2, 0) is 21.0 Å². The summed E-state index contributed by atoms with van der Waals surface area (Å²) in [7, 11) is -4.17. The number of carbonyl (C=O) groups is 2. The number of sulfonamides is 1. The highest BCUT2D eigenvalue weighted by molar-refractivity contribution is 7.92. The van der Waals surface area contributed by atoms with Gasteiger partial charge in [-0.3, -0.25) is 14.3 Å². The van der Waals surface area contributed by atoms with E-state index >= 15 is 0 Å². The first-order valence-electron chi connectivity index (χ1n) is 7.36. The number of hydrogen-bond donors (Lipinski definition) is 3. The zero-order valence-corrected chi connectivity index (χ0v) is 14.4. The van der Waals surface area contributed by atoms with Gasteiger partial charge in [0.05, 0.1) is 17.0 Å². The Morgan fingerprint density at radius 3 is 2.22 bits per heavy atom. The van der Waals surface area contributed by atoms with E-state index < -0.39 is 33.6 Å². The monoisotopic (exact) mass is 401 g/mol. The van der Waals surface area contributed by atoms with Gasteiger partial charge in [0.15, 0.2) is 0 Å². The zero-order chi connectivity index (χ0) is 20.2. The highest BCUT2D eigenvalue weighted by Gasteiger charge is 2.30. The molecule has 0 fully saturated rings. The molecule has 7 nitrogen and oxygen atoms in total. The summed E-state index contributed by atoms with van der Waals surface area (Å²) in [5.74, 6) is -1.38. The summed E-state index contributed by atoms with van der Waals surface area (Å²) in [5.41, 5.74) is 3.72. The minimum Gasteiger partial charge on any atom is -0.368 e. The molecular formula is C16H14F3N3O4S. The van der Waals surface area contributed by atoms with Crippen LogP contribution in [-0.4, -0.2) is 26.8 Å². The maximum atomic E-state index is 12.7. The predicted octanol–water partition coefficient (Wildman–Crippen LogP) is 1.72. The van der Waals surface area contributed by atoms with Crippen molar-refractivity contribution in [1.82, 2.24) is 5.32 Å². The third-order valence-corrected chi connectivity index (χ3v) is 4.69. The van der Waals surface area contributed by atoms with E-state index in [4.69, 9.17) is 5.73 Å². The minimum absolute atomic E-state index is 0.0780. The number of carbonyl (C=O) groups excluding carboxylic acids is 2. The second kappa shape index (κ2) is 7.66. The van der Waals surface area contributed by atoms with Gasteiger partial charge in [-0.2, -0.15) is 13.2 Å². The molecule has 0 unspecified atom stereocenters. The maximum absolute atomic E-state index is 12.7. The van der Waals surface area contributed by atoms with Crippen LogP contribution in [0.25, 0.3) is 0 Å². The van der Waals surface area contributed by atoms with Crippen LogP contribution in [0.1, 0.15) is 15.9 Å². The van der Waals surface area contributed by atoms with Crippen molar-refractivity contribution in [1.29, 1.82) is 0 Å². The van der Waals surface area contributed by atoms with E-state index in [9.17, 15) is 31.2 Å². The van der Waals surface area contributed by atoms with Crippen molar-refractivity contribution in [2.45, 2.75) is 11.1 Å². The molecule has 2 amide bonds. The molecule has 0 aliphatic carbocycles. The van der Waals surface area contributed by atoms with Crippen LogP contribution in [0.2, 0.25) is 0 Å². The van der Waals surface area contributed by atoms with Crippen LogP contribution in [0.4, 0.5) is 18.9 Å². The molecule has 0 saturated carbocycles. The van der Waals surface area contributed by atoms with Gasteiger partial charge in [0.1, 0.15) is 0 Å². The van der Waals surface area contributed by atoms with Gasteiger partial charge in [-0.15, -0.1) is 0 Å². The number of anilines is 1. The molecule has 0 aliphatic heterocycles. The Labute approximate surface area is 152 Å². The number of alkyl halides is 3. The Balaban J connectivity index is 2.17. The van der Waals surface area contributed by atoms with Crippen LogP contribution in [0.15, 0.2) is 53.4 Å². The Hall–Kier alpha value is -3.08. The summed E-state index contributed by atoms with van der Waals surface area (Å²) in [5, 5.41) is 2.23. The second-order valence-corrected chi connectivity index (χ2v) is 7.04. The topological polar surface area (TPSA) is 118 Å². The highest BCUT2D eigenvalue weighted by Crippen LogP contribution is 2.31. The van der Waals surface area contributed by atoms with Crippen molar-refractivity contribution >= 4 is 27.5 Å². The molecule has 2 aromatic rings. The number of nitrogens with one attached hydrogen (secondary N) is 2. The molecule has 4 N–H and O–H groups in total. The fourth-order valence-corrected chi connectivity index (χ4v) is 3.08. The molecule has 0 saturated heterocycles. The van der Waals surface area contributed by atoms with E-state index in [-0.39, 0.29) is 22.7 Å². The molecule has 0 heterocycles. The lowest BCUT2D eigenvalue weighted by atomic mass is 10.2. The summed E-state index contributed by atoms with van der Waals surface area (Å²) in [6, 6.07) is 8.34. The van der Waals surface area contributed by atoms with Crippen molar-refractivity contribution in [3.63, 3.8) is 0 Å². The van der Waals surface area contributed by atoms with Crippen molar-refractivity contribution < 1.29 is 31.2 Å². The van der Waals surface area contributed by atoms with Gasteiger partial charge in [0.25, 0.3) is 15.9 Å². The smallest absolute Gasteiger partial charge is 0.368 e. The van der Waals surface area contributed by atoms with Crippen molar-refractivity contribution in [2.75, 3.05) is 11.3 Å². The minimum atomic E-state index is -4.61. The molecule has 2 rings (SSSR count). The first-order valence-corrected chi connectivity index (χ1v) is 8.84. The van der Waals surface area contributed by atoms with Gasteiger partial charge in [-0.25, -0.2) is 8.42 Å². The van der Waals surface area contributed by atoms with Gasteiger partial charge in [0.2, 0.25) is 5.91 Å². The Morgan fingerprint density at radius 1 is 1.04 bits per heavy atom. The van der Waals surface area contributed by atoms with Crippen LogP contribution < -0.4 is 15.8 Å². The van der Waals surface area contributed by atoms with Gasteiger partial charge >= 0.3 is 6.18 Å². The van der Waals surface area contributed by atoms with Crippen molar-refractivity contribution in [3.8, 4) is 0 Å². The molecule has 0 bridgehead atoms. The fourth-order valence-electron chi connectivity index (χ4n) is 2.03. The van der Waals surface area contributed by atoms with E-state index in [0.717, 1.165) is 24.3 Å². The summed E-state index contributed by atoms with van der Waals surface area (Å²) in [4.78, 5) is 22.1. The molecule has 2 aromatic carbocycles. The third-order valence-electron chi connectivity index (χ3n) is 3.29. The lowest BCUT2D eigenvalue weighted by molar-refractivity contribution is -0.137. The van der Waals surface area contributed by atoms with E-state index in [1.807, 2.05) is 4.72 Å². The summed E-state index contributed by atoms with van der Waals surface area (Å²) in [6.07, 6.45) is -4.61. The third kappa shape index (κ3) is 5.45. The number of nitrogens with two attached hydrogens (primary N) is 1. The number of hydrogen-bond acceptors (Lipinski definition) is 4. The summed E-state index contributed by atoms with van der Waals surface area (Å²) in [6.45, 7) is -0.379. The SMILES string of the molecule is NC(=O)CNC(=O)c1ccc(S(=O)(=O)Nc2cccc(C(F)(F)F)c2)cc1. The van der Waals surface area contributed by atoms with Gasteiger partial charge in [-0.1, -0.05) is 6.07 Å². The van der Waals surface area contributed by atoms with Gasteiger partial charge < -0.3 is 11.1 Å². The summed E-state index contributed by atoms with van der Waals surface area (Å²) < 4.78 is 64.8. The van der Waals surface area contributed by atoms with Crippen LogP contribution >= 0.6 is 0 Å². The fraction of sp³-hybridized carbons (Fsp3) is 0.125. The molecule has 0 aromatic heterocycles. The first kappa shape index (κ1) is 20.2. The molecule has 27 heavy (non-hydrogen) atoms. The molecule has 0 radical (unpaired) electrons. The normalized spacial score (nSPS) is 11.7. The van der Waals surface area contributed by atoms with E-state index in [1.54, 1.807) is 0 Å². The lowest BCUT2D eigenvalue weighted by Crippen LogP contribution is -2.33. The summed E-state index contributed by atoms with van der Waals surface area (Å²) >= 11 is 0. The Bertz CT molecular complexity index is 958. The average molecular weight is 401 g/mol. The van der Waals surface area contributed by atoms with Crippen molar-refractivity contribution in [3.05, 3.63) is 59.7 Å². The number of primary amides is 1. The number of amides is 2. The number of benzene rings is 2. The van der Waals surface area contributed by atoms with Gasteiger partial charge in [-0.05, 0) is 42.5 Å². The quantitative estimate of drug-likeness (QED) is 0.683. The average Bonchev–Trinajstić information content (AvgIpc) is 2.59. The van der Waals surface area contributed by atoms with Crippen LogP contribution in [0.3, 0.4) is 0 Å². The molecule has 0 atom stereocenters. The molecule has 0 aliphatic rings. The largest absolute Gasteiger partial charge is 0.416 e. The molecular weight excluding hydrogens is 387 g/mol. The zero-order valence-electron chi connectivity index (χ0n) is 13.6. The van der Waals surface area contributed by atoms with Gasteiger partial charge in [0, 0.05) is 11.3 Å². The lowest BCUT2D eigenvalue weighted by Gasteiger charge is -2.11. The molecule has 144 valence electrons. The molecule has 11 heteroatoms. The first-order chi connectivity index (χ1) is 12.5. The number of halogens is 3. The second-order valence-electron chi connectivity index (χ2n) is 5.36. The standard InChI is InChI=1S/C16H14F3N3O4S/c17-16(18,19)11-2-1-3-12(8-11)22-27(25,26)13-6-4-10(5-7-13)15(24)21-9-14(20)23/h1-8,22H,9H2,(H2,20,23)(H,21,24). The predicted molar refractivity (Wildman–Crippen MR) is 90.2 cm³/mol. The van der Waals surface area contributed by atoms with E-state index in [1.165, 1.54) is 18.2 Å². The van der Waals surface area contributed by atoms with Crippen molar-refractivity contribution in [2.24, 2.45) is 5.73 Å². The maximum Gasteiger partial charge on any atom is 0.416 e. The Kier molecular flexibility index (Phi) is 5.74. The highest BCUT2D eigenvalue weighted by atomic mass is 32.2. The Morgan fingerprint density at radius 2 is 1.67 bits per heavy atom. The van der Waals surface area contributed by atoms with Crippen LogP contribution in [0, 0.1) is 0 Å². The van der Waals surface area contributed by atoms with E-state index in [0.29, 0.717) is 6.07 Å². The number of rotatable bonds is 6. The molecule has 0 spiro atoms.